The van der Waals surface area contributed by atoms with E-state index in [2.05, 4.69) is 11.6 Å². The first-order valence-corrected chi connectivity index (χ1v) is 14.5. The van der Waals surface area contributed by atoms with Gasteiger partial charge in [-0.05, 0) is 48.7 Å². The van der Waals surface area contributed by atoms with Crippen LogP contribution in [0.4, 0.5) is 20.2 Å². The van der Waals surface area contributed by atoms with Crippen LogP contribution in [0.2, 0.25) is 5.02 Å². The van der Waals surface area contributed by atoms with Gasteiger partial charge in [-0.3, -0.25) is 23.9 Å². The lowest BCUT2D eigenvalue weighted by atomic mass is 9.96. The lowest BCUT2D eigenvalue weighted by Gasteiger charge is -2.47. The number of hydrogen-bond acceptors (Lipinski definition) is 6. The monoisotopic (exact) mass is 636 g/mol. The number of fused-ring (bicyclic) bond motifs is 5. The largest absolute Gasteiger partial charge is 0.507 e. The molecular weight excluding hydrogens is 604 g/mol. The number of rotatable bonds is 4. The van der Waals surface area contributed by atoms with Crippen molar-refractivity contribution in [2.75, 3.05) is 36.4 Å². The molecule has 12 heteroatoms. The molecule has 0 spiro atoms. The maximum atomic E-state index is 17.4. The summed E-state index contributed by atoms with van der Waals surface area (Å²) in [6.45, 7) is 5.38. The fraction of sp³-hybridized carbons (Fsp3) is 0.273. The minimum atomic E-state index is -3.18. The molecule has 1 atom stereocenters. The molecule has 9 nitrogen and oxygen atoms in total. The quantitative estimate of drug-likeness (QED) is 0.305. The van der Waals surface area contributed by atoms with Gasteiger partial charge in [0.25, 0.3) is 11.5 Å². The number of carbonyl (C=O) groups excluding carboxylic acids is 2. The summed E-state index contributed by atoms with van der Waals surface area (Å²) in [5, 5.41) is 10.3. The summed E-state index contributed by atoms with van der Waals surface area (Å²) >= 11 is 6.70. The molecule has 0 saturated carbocycles. The predicted molar refractivity (Wildman–Crippen MR) is 170 cm³/mol. The molecule has 1 saturated heterocycles. The highest BCUT2D eigenvalue weighted by atomic mass is 35.5. The van der Waals surface area contributed by atoms with Gasteiger partial charge in [-0.2, -0.15) is 0 Å². The van der Waals surface area contributed by atoms with Gasteiger partial charge < -0.3 is 19.8 Å². The predicted octanol–water partition coefficient (Wildman–Crippen LogP) is 5.30. The number of anilines is 2. The second kappa shape index (κ2) is 11.0. The third kappa shape index (κ3) is 4.48. The molecule has 0 bridgehead atoms. The highest BCUT2D eigenvalue weighted by molar-refractivity contribution is 6.35. The van der Waals surface area contributed by atoms with Crippen molar-refractivity contribution in [3.05, 3.63) is 87.5 Å². The SMILES string of the molecule is [2H]C([2H])([2H])N1C(=O)[C@H]2CN(C(=O)C=C)CCN2c2c1c(=O)n(-c1c(C)ccnc1C(C)C)c1c(F)c(-c3c(O)cccc3F)c(Cl)cc21. The zero-order valence-corrected chi connectivity index (χ0v) is 25.3. The molecule has 0 radical (unpaired) electrons. The molecule has 2 aromatic carbocycles. The van der Waals surface area contributed by atoms with E-state index in [0.717, 1.165) is 22.8 Å². The number of benzene rings is 2. The minimum absolute atomic E-state index is 0.0331. The third-order valence-electron chi connectivity index (χ3n) is 8.35. The van der Waals surface area contributed by atoms with E-state index in [1.165, 1.54) is 28.1 Å². The molecule has 4 heterocycles. The molecule has 0 aliphatic carbocycles. The Kier molecular flexibility index (Phi) is 6.50. The number of halogens is 3. The van der Waals surface area contributed by atoms with Gasteiger partial charge in [-0.25, -0.2) is 8.78 Å². The number of hydrogen-bond donors (Lipinski definition) is 1. The number of aryl methyl sites for hydroxylation is 1. The zero-order chi connectivity index (χ0) is 35.0. The molecule has 1 N–H and O–H groups in total. The maximum absolute atomic E-state index is 17.4. The summed E-state index contributed by atoms with van der Waals surface area (Å²) in [5.41, 5.74) is -2.18. The Labute approximate surface area is 266 Å². The highest BCUT2D eigenvalue weighted by Gasteiger charge is 2.44. The normalized spacial score (nSPS) is 17.6. The summed E-state index contributed by atoms with van der Waals surface area (Å²) in [6.07, 6.45) is 2.59. The van der Waals surface area contributed by atoms with E-state index < -0.39 is 70.1 Å². The van der Waals surface area contributed by atoms with Crippen LogP contribution in [0.3, 0.4) is 0 Å². The van der Waals surface area contributed by atoms with Gasteiger partial charge in [0.1, 0.15) is 23.3 Å². The number of phenols is 1. The van der Waals surface area contributed by atoms with Crippen LogP contribution in [0.25, 0.3) is 27.7 Å². The van der Waals surface area contributed by atoms with E-state index in [0.29, 0.717) is 16.2 Å². The first-order chi connectivity index (χ1) is 22.6. The van der Waals surface area contributed by atoms with Gasteiger partial charge >= 0.3 is 0 Å². The number of nitrogens with zero attached hydrogens (tertiary/aromatic N) is 5. The fourth-order valence-electron chi connectivity index (χ4n) is 6.27. The summed E-state index contributed by atoms with van der Waals surface area (Å²) < 4.78 is 58.7. The smallest absolute Gasteiger partial charge is 0.281 e. The molecule has 232 valence electrons. The summed E-state index contributed by atoms with van der Waals surface area (Å²) in [6, 6.07) is 5.01. The highest BCUT2D eigenvalue weighted by Crippen LogP contribution is 2.47. The Balaban J connectivity index is 1.84. The van der Waals surface area contributed by atoms with Gasteiger partial charge in [0.15, 0.2) is 5.82 Å². The molecule has 0 unspecified atom stereocenters. The van der Waals surface area contributed by atoms with Crippen molar-refractivity contribution < 1.29 is 27.6 Å². The van der Waals surface area contributed by atoms with Crippen LogP contribution in [0.5, 0.6) is 5.75 Å². The number of phenolic OH excluding ortho intramolecular Hbond substituents is 1. The zero-order valence-electron chi connectivity index (χ0n) is 27.6. The Morgan fingerprint density at radius 3 is 2.60 bits per heavy atom. The Bertz CT molecular complexity index is 2100. The number of carbonyl (C=O) groups is 2. The maximum Gasteiger partial charge on any atom is 0.281 e. The molecule has 6 rings (SSSR count). The standard InChI is InChI=1S/C33H30ClF2N5O4/c1-6-23(43)39-12-13-40-21(15-39)32(44)38(5)31-30(40)18-14-19(34)24(25-20(35)8-7-9-22(25)42)26(36)29(18)41(33(31)45)28-17(4)10-11-37-27(28)16(2)3/h6-11,14,16,21,42H,1,12-13,15H2,2-5H3/t21-/m1/s1/i5D3. The molecule has 45 heavy (non-hydrogen) atoms. The van der Waals surface area contributed by atoms with Crippen LogP contribution >= 0.6 is 11.6 Å². The van der Waals surface area contributed by atoms with Crippen molar-refractivity contribution in [3.8, 4) is 22.6 Å². The van der Waals surface area contributed by atoms with Gasteiger partial charge in [0.2, 0.25) is 5.91 Å². The van der Waals surface area contributed by atoms with Crippen LogP contribution in [-0.2, 0) is 9.59 Å². The van der Waals surface area contributed by atoms with Gasteiger partial charge in [0, 0.05) is 41.3 Å². The van der Waals surface area contributed by atoms with Crippen LogP contribution in [-0.4, -0.2) is 64.0 Å². The van der Waals surface area contributed by atoms with Gasteiger partial charge in [-0.1, -0.05) is 38.1 Å². The van der Waals surface area contributed by atoms with Crippen LogP contribution in [0.1, 0.15) is 35.1 Å². The first kappa shape index (κ1) is 26.6. The topological polar surface area (TPSA) is 99.0 Å². The molecule has 2 aromatic heterocycles. The van der Waals surface area contributed by atoms with Crippen LogP contribution in [0, 0.1) is 18.6 Å². The average molecular weight is 637 g/mol. The van der Waals surface area contributed by atoms with E-state index in [1.807, 2.05) is 0 Å². The molecule has 2 amide bonds. The second-order valence-corrected chi connectivity index (χ2v) is 11.7. The van der Waals surface area contributed by atoms with Crippen molar-refractivity contribution in [2.45, 2.75) is 32.7 Å². The van der Waals surface area contributed by atoms with E-state index in [1.54, 1.807) is 26.8 Å². The van der Waals surface area contributed by atoms with E-state index in [9.17, 15) is 19.5 Å². The van der Waals surface area contributed by atoms with E-state index in [4.69, 9.17) is 15.7 Å². The molecule has 2 aliphatic heterocycles. The summed E-state index contributed by atoms with van der Waals surface area (Å²) in [5.74, 6) is -4.52. The van der Waals surface area contributed by atoms with Crippen molar-refractivity contribution in [2.24, 2.45) is 0 Å². The lowest BCUT2D eigenvalue weighted by molar-refractivity contribution is -0.128. The summed E-state index contributed by atoms with van der Waals surface area (Å²) in [4.78, 5) is 49.3. The average Bonchev–Trinajstić information content (AvgIpc) is 3.02. The van der Waals surface area contributed by atoms with Gasteiger partial charge in [0.05, 0.1) is 39.7 Å². The Morgan fingerprint density at radius 1 is 1.18 bits per heavy atom. The number of aromatic hydroxyl groups is 1. The number of likely N-dealkylation sites (N-methyl/N-ethyl adjacent to an activating group) is 1. The van der Waals surface area contributed by atoms with Crippen molar-refractivity contribution in [1.82, 2.24) is 14.5 Å². The van der Waals surface area contributed by atoms with E-state index in [-0.39, 0.29) is 47.3 Å². The molecule has 1 fully saturated rings. The lowest BCUT2D eigenvalue weighted by Crippen LogP contribution is -2.63. The molecule has 4 aromatic rings. The van der Waals surface area contributed by atoms with Crippen LogP contribution in [0.15, 0.2) is 54.0 Å². The first-order valence-electron chi connectivity index (χ1n) is 15.7. The van der Waals surface area contributed by atoms with Gasteiger partial charge in [-0.15, -0.1) is 0 Å². The van der Waals surface area contributed by atoms with Crippen LogP contribution < -0.4 is 15.4 Å². The van der Waals surface area contributed by atoms with Crippen molar-refractivity contribution in [3.63, 3.8) is 0 Å². The Hall–Kier alpha value is -4.77. The number of pyridine rings is 2. The minimum Gasteiger partial charge on any atom is -0.507 e. The third-order valence-corrected chi connectivity index (χ3v) is 8.65. The number of piperazine rings is 1. The summed E-state index contributed by atoms with van der Waals surface area (Å²) in [7, 11) is 0. The van der Waals surface area contributed by atoms with Crippen molar-refractivity contribution >= 4 is 45.7 Å². The fourth-order valence-corrected chi connectivity index (χ4v) is 6.56. The van der Waals surface area contributed by atoms with Crippen molar-refractivity contribution in [1.29, 1.82) is 0 Å². The Morgan fingerprint density at radius 2 is 1.93 bits per heavy atom. The second-order valence-electron chi connectivity index (χ2n) is 11.3. The number of amides is 2. The van der Waals surface area contributed by atoms with E-state index >= 15 is 8.78 Å². The number of aromatic nitrogens is 2. The molecule has 2 aliphatic rings. The molecular formula is C33H30ClF2N5O4.